The van der Waals surface area contributed by atoms with E-state index in [2.05, 4.69) is 74.5 Å². The standard InChI is InChI=1S/C28H29N3O3S/c1-17-14-20(18(2)31(17)23-12-10-21(11-13-23)28(3,4)5)16-24-25(32)30(6)27(35-24)29-22-9-7-8-19(15-22)26(33)34/h7-16H,1-6H3,(H,33,34)/b24-16-,29-27?. The third-order valence-electron chi connectivity index (χ3n) is 6.07. The van der Waals surface area contributed by atoms with Crippen molar-refractivity contribution >= 4 is 40.6 Å². The molecule has 4 rings (SSSR count). The molecule has 1 N–H and O–H groups in total. The smallest absolute Gasteiger partial charge is 0.335 e. The zero-order valence-corrected chi connectivity index (χ0v) is 21.6. The summed E-state index contributed by atoms with van der Waals surface area (Å²) < 4.78 is 2.19. The molecule has 0 atom stereocenters. The Hall–Kier alpha value is -3.58. The molecule has 0 spiro atoms. The summed E-state index contributed by atoms with van der Waals surface area (Å²) in [7, 11) is 1.68. The van der Waals surface area contributed by atoms with Crippen LogP contribution in [0.4, 0.5) is 5.69 Å². The largest absolute Gasteiger partial charge is 0.478 e. The highest BCUT2D eigenvalue weighted by Crippen LogP contribution is 2.35. The van der Waals surface area contributed by atoms with Crippen molar-refractivity contribution < 1.29 is 14.7 Å². The number of amides is 1. The van der Waals surface area contributed by atoms with Gasteiger partial charge in [0.15, 0.2) is 5.17 Å². The van der Waals surface area contributed by atoms with Crippen LogP contribution < -0.4 is 0 Å². The molecule has 1 aromatic heterocycles. The summed E-state index contributed by atoms with van der Waals surface area (Å²) in [5.41, 5.74) is 6.21. The van der Waals surface area contributed by atoms with E-state index in [1.807, 2.05) is 6.08 Å². The zero-order valence-electron chi connectivity index (χ0n) is 20.8. The summed E-state index contributed by atoms with van der Waals surface area (Å²) in [4.78, 5) is 30.8. The van der Waals surface area contributed by atoms with Gasteiger partial charge in [0.25, 0.3) is 5.91 Å². The van der Waals surface area contributed by atoms with Gasteiger partial charge in [0, 0.05) is 24.1 Å². The number of aromatic nitrogens is 1. The molecule has 2 heterocycles. The van der Waals surface area contributed by atoms with Crippen molar-refractivity contribution in [2.24, 2.45) is 4.99 Å². The van der Waals surface area contributed by atoms with Gasteiger partial charge in [-0.05, 0) is 84.6 Å². The van der Waals surface area contributed by atoms with Gasteiger partial charge in [-0.1, -0.05) is 39.0 Å². The van der Waals surface area contributed by atoms with Crippen LogP contribution in [-0.4, -0.2) is 38.7 Å². The second-order valence-corrected chi connectivity index (χ2v) is 10.7. The monoisotopic (exact) mass is 487 g/mol. The van der Waals surface area contributed by atoms with Crippen LogP contribution in [0.1, 0.15) is 53.6 Å². The van der Waals surface area contributed by atoms with E-state index in [1.165, 1.54) is 34.4 Å². The average Bonchev–Trinajstić information content (AvgIpc) is 3.23. The van der Waals surface area contributed by atoms with Gasteiger partial charge in [-0.3, -0.25) is 9.69 Å². The Labute approximate surface area is 210 Å². The molecule has 35 heavy (non-hydrogen) atoms. The summed E-state index contributed by atoms with van der Waals surface area (Å²) in [6.45, 7) is 10.7. The number of aryl methyl sites for hydroxylation is 1. The van der Waals surface area contributed by atoms with Gasteiger partial charge in [0.1, 0.15) is 0 Å². The minimum atomic E-state index is -1.01. The highest BCUT2D eigenvalue weighted by Gasteiger charge is 2.31. The van der Waals surface area contributed by atoms with Crippen LogP contribution in [0.3, 0.4) is 0 Å². The van der Waals surface area contributed by atoms with E-state index in [-0.39, 0.29) is 16.9 Å². The number of hydrogen-bond donors (Lipinski definition) is 1. The predicted octanol–water partition coefficient (Wildman–Crippen LogP) is 6.32. The van der Waals surface area contributed by atoms with Crippen molar-refractivity contribution in [1.82, 2.24) is 9.47 Å². The van der Waals surface area contributed by atoms with E-state index in [4.69, 9.17) is 0 Å². The fourth-order valence-electron chi connectivity index (χ4n) is 4.05. The summed E-state index contributed by atoms with van der Waals surface area (Å²) in [6.07, 6.45) is 1.90. The zero-order chi connectivity index (χ0) is 25.5. The van der Waals surface area contributed by atoms with Gasteiger partial charge in [0.2, 0.25) is 0 Å². The summed E-state index contributed by atoms with van der Waals surface area (Å²) in [5.74, 6) is -1.15. The SMILES string of the molecule is Cc1cc(/C=C2\SC(=Nc3cccc(C(=O)O)c3)N(C)C2=O)c(C)n1-c1ccc(C(C)(C)C)cc1. The Morgan fingerprint density at radius 3 is 2.37 bits per heavy atom. The third kappa shape index (κ3) is 4.95. The van der Waals surface area contributed by atoms with Crippen LogP contribution >= 0.6 is 11.8 Å². The molecule has 2 aromatic carbocycles. The summed E-state index contributed by atoms with van der Waals surface area (Å²) >= 11 is 1.29. The van der Waals surface area contributed by atoms with Gasteiger partial charge in [-0.15, -0.1) is 0 Å². The number of carboxylic acids is 1. The molecule has 1 aliphatic heterocycles. The number of likely N-dealkylation sites (N-methyl/N-ethyl adjacent to an activating group) is 1. The van der Waals surface area contributed by atoms with Crippen molar-refractivity contribution in [3.05, 3.63) is 87.6 Å². The second-order valence-electron chi connectivity index (χ2n) is 9.68. The van der Waals surface area contributed by atoms with Crippen LogP contribution in [0.2, 0.25) is 0 Å². The van der Waals surface area contributed by atoms with Crippen molar-refractivity contribution in [2.45, 2.75) is 40.0 Å². The maximum Gasteiger partial charge on any atom is 0.335 e. The Kier molecular flexibility index (Phi) is 6.47. The minimum absolute atomic E-state index is 0.0924. The van der Waals surface area contributed by atoms with Crippen molar-refractivity contribution in [1.29, 1.82) is 0 Å². The van der Waals surface area contributed by atoms with Crippen LogP contribution in [0, 0.1) is 13.8 Å². The molecule has 0 aliphatic carbocycles. The number of amidine groups is 1. The molecule has 0 saturated carbocycles. The molecular formula is C28H29N3O3S. The van der Waals surface area contributed by atoms with E-state index in [9.17, 15) is 14.7 Å². The number of aromatic carboxylic acids is 1. The Balaban J connectivity index is 1.65. The Morgan fingerprint density at radius 2 is 1.74 bits per heavy atom. The predicted molar refractivity (Wildman–Crippen MR) is 143 cm³/mol. The van der Waals surface area contributed by atoms with E-state index < -0.39 is 5.97 Å². The second kappa shape index (κ2) is 9.23. The molecule has 0 radical (unpaired) electrons. The van der Waals surface area contributed by atoms with E-state index >= 15 is 0 Å². The lowest BCUT2D eigenvalue weighted by Gasteiger charge is -2.20. The molecule has 0 unspecified atom stereocenters. The van der Waals surface area contributed by atoms with Crippen LogP contribution in [0.25, 0.3) is 11.8 Å². The number of rotatable bonds is 4. The minimum Gasteiger partial charge on any atom is -0.478 e. The lowest BCUT2D eigenvalue weighted by Crippen LogP contribution is -2.23. The van der Waals surface area contributed by atoms with Crippen molar-refractivity contribution in [3.63, 3.8) is 0 Å². The lowest BCUT2D eigenvalue weighted by molar-refractivity contribution is -0.121. The maximum atomic E-state index is 12.9. The van der Waals surface area contributed by atoms with Gasteiger partial charge in [0.05, 0.1) is 16.2 Å². The fourth-order valence-corrected chi connectivity index (χ4v) is 5.03. The molecule has 1 aliphatic rings. The quantitative estimate of drug-likeness (QED) is 0.437. The number of benzene rings is 2. The van der Waals surface area contributed by atoms with Crippen LogP contribution in [-0.2, 0) is 10.2 Å². The molecule has 7 heteroatoms. The average molecular weight is 488 g/mol. The number of thioether (sulfide) groups is 1. The fraction of sp³-hybridized carbons (Fsp3) is 0.250. The Morgan fingerprint density at radius 1 is 1.06 bits per heavy atom. The molecule has 1 fully saturated rings. The molecule has 3 aromatic rings. The van der Waals surface area contributed by atoms with Gasteiger partial charge < -0.3 is 9.67 Å². The van der Waals surface area contributed by atoms with Gasteiger partial charge in [-0.25, -0.2) is 9.79 Å². The molecule has 1 amide bonds. The van der Waals surface area contributed by atoms with Crippen LogP contribution in [0.5, 0.6) is 0 Å². The topological polar surface area (TPSA) is 74.9 Å². The van der Waals surface area contributed by atoms with Gasteiger partial charge >= 0.3 is 5.97 Å². The van der Waals surface area contributed by atoms with Gasteiger partial charge in [-0.2, -0.15) is 0 Å². The molecule has 0 bridgehead atoms. The van der Waals surface area contributed by atoms with E-state index in [1.54, 1.807) is 19.2 Å². The third-order valence-corrected chi connectivity index (χ3v) is 7.13. The normalized spacial score (nSPS) is 16.5. The number of hydrogen-bond acceptors (Lipinski definition) is 4. The molecular weight excluding hydrogens is 458 g/mol. The summed E-state index contributed by atoms with van der Waals surface area (Å²) in [5, 5.41) is 9.73. The number of nitrogens with zero attached hydrogens (tertiary/aromatic N) is 3. The first-order valence-electron chi connectivity index (χ1n) is 11.3. The first-order valence-corrected chi connectivity index (χ1v) is 12.2. The molecule has 6 nitrogen and oxygen atoms in total. The summed E-state index contributed by atoms with van der Waals surface area (Å²) in [6, 6.07) is 17.1. The first kappa shape index (κ1) is 24.5. The highest BCUT2D eigenvalue weighted by atomic mass is 32.2. The number of carboxylic acid groups (broad SMARTS) is 1. The maximum absolute atomic E-state index is 12.9. The number of carbonyl (C=O) groups is 2. The van der Waals surface area contributed by atoms with E-state index in [0.717, 1.165) is 22.6 Å². The van der Waals surface area contributed by atoms with Crippen molar-refractivity contribution in [3.8, 4) is 5.69 Å². The lowest BCUT2D eigenvalue weighted by atomic mass is 9.87. The molecule has 180 valence electrons. The van der Waals surface area contributed by atoms with E-state index in [0.29, 0.717) is 15.8 Å². The van der Waals surface area contributed by atoms with Crippen LogP contribution in [0.15, 0.2) is 64.5 Å². The molecule has 1 saturated heterocycles. The number of aliphatic imine (C=N–C) groups is 1. The Bertz CT molecular complexity index is 1380. The first-order chi connectivity index (χ1) is 16.5. The van der Waals surface area contributed by atoms with Crippen molar-refractivity contribution in [2.75, 3.05) is 7.05 Å². The number of carbonyl (C=O) groups excluding carboxylic acids is 1. The highest BCUT2D eigenvalue weighted by molar-refractivity contribution is 8.18.